The van der Waals surface area contributed by atoms with E-state index in [1.165, 1.54) is 0 Å². The molecular formula is C22H16N4O. The lowest BCUT2D eigenvalue weighted by Crippen LogP contribution is -2.02. The van der Waals surface area contributed by atoms with Gasteiger partial charge in [-0.1, -0.05) is 54.6 Å². The van der Waals surface area contributed by atoms with E-state index >= 15 is 0 Å². The van der Waals surface area contributed by atoms with Crippen molar-refractivity contribution < 1.29 is 4.42 Å². The largest absolute Gasteiger partial charge is 0.456 e. The molecule has 5 heteroatoms. The van der Waals surface area contributed by atoms with Gasteiger partial charge in [-0.05, 0) is 18.2 Å². The Hall–Kier alpha value is -3.73. The summed E-state index contributed by atoms with van der Waals surface area (Å²) in [7, 11) is 1.80. The summed E-state index contributed by atoms with van der Waals surface area (Å²) in [6.07, 6.45) is 0. The normalized spacial score (nSPS) is 11.1. The molecule has 0 unspecified atom stereocenters. The van der Waals surface area contributed by atoms with E-state index in [1.807, 2.05) is 60.7 Å². The second-order valence-electron chi connectivity index (χ2n) is 6.23. The number of furan rings is 1. The lowest BCUT2D eigenvalue weighted by molar-refractivity contribution is 0.669. The van der Waals surface area contributed by atoms with Crippen LogP contribution in [0.3, 0.4) is 0 Å². The summed E-state index contributed by atoms with van der Waals surface area (Å²) in [6, 6.07) is 24.0. The number of rotatable bonds is 3. The second-order valence-corrected chi connectivity index (χ2v) is 6.23. The van der Waals surface area contributed by atoms with Gasteiger partial charge in [0.25, 0.3) is 0 Å². The van der Waals surface area contributed by atoms with Crippen LogP contribution >= 0.6 is 0 Å². The van der Waals surface area contributed by atoms with E-state index in [4.69, 9.17) is 4.42 Å². The Labute approximate surface area is 155 Å². The van der Waals surface area contributed by atoms with E-state index < -0.39 is 0 Å². The van der Waals surface area contributed by atoms with Gasteiger partial charge in [-0.15, -0.1) is 0 Å². The van der Waals surface area contributed by atoms with Crippen molar-refractivity contribution in [1.82, 2.24) is 15.0 Å². The molecule has 0 radical (unpaired) electrons. The molecule has 0 bridgehead atoms. The number of nitrogens with one attached hydrogen (secondary N) is 1. The molecule has 5 rings (SSSR count). The van der Waals surface area contributed by atoms with Gasteiger partial charge in [0, 0.05) is 28.9 Å². The second kappa shape index (κ2) is 6.21. The summed E-state index contributed by atoms with van der Waals surface area (Å²) in [5.41, 5.74) is 3.53. The lowest BCUT2D eigenvalue weighted by Gasteiger charge is -2.07. The molecule has 27 heavy (non-hydrogen) atoms. The highest BCUT2D eigenvalue weighted by molar-refractivity contribution is 6.05. The molecule has 0 saturated heterocycles. The van der Waals surface area contributed by atoms with Crippen molar-refractivity contribution in [2.24, 2.45) is 0 Å². The van der Waals surface area contributed by atoms with Crippen molar-refractivity contribution in [3.05, 3.63) is 72.8 Å². The first-order valence-electron chi connectivity index (χ1n) is 8.73. The smallest absolute Gasteiger partial charge is 0.226 e. The third-order valence-corrected chi connectivity index (χ3v) is 4.53. The maximum absolute atomic E-state index is 6.00. The van der Waals surface area contributed by atoms with Gasteiger partial charge < -0.3 is 9.73 Å². The molecule has 0 aliphatic rings. The molecule has 0 aliphatic carbocycles. The summed E-state index contributed by atoms with van der Waals surface area (Å²) < 4.78 is 6.00. The standard InChI is InChI=1S/C22H16N4O/c1-23-22-25-20(14-7-3-2-4-8-14)24-21(26-22)15-11-12-17-16-9-5-6-10-18(16)27-19(17)13-15/h2-13H,1H3,(H,23,24,25,26). The minimum Gasteiger partial charge on any atom is -0.456 e. The predicted octanol–water partition coefficient (Wildman–Crippen LogP) is 5.15. The zero-order chi connectivity index (χ0) is 18.2. The topological polar surface area (TPSA) is 63.8 Å². The molecule has 2 aromatic heterocycles. The number of hydrogen-bond acceptors (Lipinski definition) is 5. The van der Waals surface area contributed by atoms with E-state index in [0.29, 0.717) is 17.6 Å². The van der Waals surface area contributed by atoms with Crippen molar-refractivity contribution in [3.63, 3.8) is 0 Å². The SMILES string of the molecule is CNc1nc(-c2ccccc2)nc(-c2ccc3c(c2)oc2ccccc23)n1. The molecule has 0 atom stereocenters. The van der Waals surface area contributed by atoms with Gasteiger partial charge in [-0.25, -0.2) is 4.98 Å². The van der Waals surface area contributed by atoms with Crippen LogP contribution in [0.15, 0.2) is 77.2 Å². The van der Waals surface area contributed by atoms with Crippen molar-refractivity contribution in [1.29, 1.82) is 0 Å². The number of anilines is 1. The van der Waals surface area contributed by atoms with E-state index in [9.17, 15) is 0 Å². The number of para-hydroxylation sites is 1. The first kappa shape index (κ1) is 15.5. The Balaban J connectivity index is 1.68. The molecule has 5 nitrogen and oxygen atoms in total. The van der Waals surface area contributed by atoms with Crippen LogP contribution in [0.5, 0.6) is 0 Å². The number of benzene rings is 3. The average molecular weight is 352 g/mol. The van der Waals surface area contributed by atoms with Gasteiger partial charge in [0.05, 0.1) is 0 Å². The first-order chi connectivity index (χ1) is 13.3. The number of fused-ring (bicyclic) bond motifs is 3. The van der Waals surface area contributed by atoms with Crippen LogP contribution in [0, 0.1) is 0 Å². The van der Waals surface area contributed by atoms with Crippen molar-refractivity contribution in [2.45, 2.75) is 0 Å². The molecule has 3 aromatic carbocycles. The average Bonchev–Trinajstić information content (AvgIpc) is 3.12. The molecule has 0 fully saturated rings. The van der Waals surface area contributed by atoms with Crippen LogP contribution in [0.4, 0.5) is 5.95 Å². The Morgan fingerprint density at radius 1 is 0.667 bits per heavy atom. The molecule has 0 saturated carbocycles. The molecular weight excluding hydrogens is 336 g/mol. The summed E-state index contributed by atoms with van der Waals surface area (Å²) in [5.74, 6) is 1.77. The highest BCUT2D eigenvalue weighted by Gasteiger charge is 2.12. The zero-order valence-electron chi connectivity index (χ0n) is 14.7. The molecule has 0 aliphatic heterocycles. The quantitative estimate of drug-likeness (QED) is 0.487. The fourth-order valence-corrected chi connectivity index (χ4v) is 3.20. The maximum Gasteiger partial charge on any atom is 0.226 e. The van der Waals surface area contributed by atoms with Gasteiger partial charge in [-0.2, -0.15) is 9.97 Å². The molecule has 130 valence electrons. The van der Waals surface area contributed by atoms with Crippen LogP contribution in [0.2, 0.25) is 0 Å². The minimum atomic E-state index is 0.531. The van der Waals surface area contributed by atoms with E-state index in [2.05, 4.69) is 32.4 Å². The fourth-order valence-electron chi connectivity index (χ4n) is 3.20. The Morgan fingerprint density at radius 3 is 2.19 bits per heavy atom. The molecule has 0 spiro atoms. The van der Waals surface area contributed by atoms with Gasteiger partial charge >= 0.3 is 0 Å². The van der Waals surface area contributed by atoms with Gasteiger partial charge in [0.2, 0.25) is 5.95 Å². The highest BCUT2D eigenvalue weighted by atomic mass is 16.3. The summed E-state index contributed by atoms with van der Waals surface area (Å²) >= 11 is 0. The Bertz CT molecular complexity index is 1260. The van der Waals surface area contributed by atoms with Crippen LogP contribution in [-0.4, -0.2) is 22.0 Å². The zero-order valence-corrected chi connectivity index (χ0v) is 14.7. The predicted molar refractivity (Wildman–Crippen MR) is 108 cm³/mol. The Morgan fingerprint density at radius 2 is 1.37 bits per heavy atom. The Kier molecular flexibility index (Phi) is 3.57. The van der Waals surface area contributed by atoms with Crippen molar-refractivity contribution >= 4 is 27.9 Å². The van der Waals surface area contributed by atoms with Crippen LogP contribution in [-0.2, 0) is 0 Å². The number of aromatic nitrogens is 3. The van der Waals surface area contributed by atoms with Gasteiger partial charge in [-0.3, -0.25) is 0 Å². The van der Waals surface area contributed by atoms with Gasteiger partial charge in [0.1, 0.15) is 11.2 Å². The first-order valence-corrected chi connectivity index (χ1v) is 8.73. The van der Waals surface area contributed by atoms with Crippen LogP contribution < -0.4 is 5.32 Å². The summed E-state index contributed by atoms with van der Waals surface area (Å²) in [6.45, 7) is 0. The molecule has 5 aromatic rings. The monoisotopic (exact) mass is 352 g/mol. The third-order valence-electron chi connectivity index (χ3n) is 4.53. The minimum absolute atomic E-state index is 0.531. The number of hydrogen-bond donors (Lipinski definition) is 1. The maximum atomic E-state index is 6.00. The van der Waals surface area contributed by atoms with Gasteiger partial charge in [0.15, 0.2) is 11.6 Å². The fraction of sp³-hybridized carbons (Fsp3) is 0.0455. The van der Waals surface area contributed by atoms with Crippen molar-refractivity contribution in [2.75, 3.05) is 12.4 Å². The summed E-state index contributed by atoms with van der Waals surface area (Å²) in [4.78, 5) is 13.7. The molecule has 0 amide bonds. The van der Waals surface area contributed by atoms with E-state index in [-0.39, 0.29) is 0 Å². The van der Waals surface area contributed by atoms with Crippen LogP contribution in [0.25, 0.3) is 44.7 Å². The lowest BCUT2D eigenvalue weighted by atomic mass is 10.1. The highest BCUT2D eigenvalue weighted by Crippen LogP contribution is 2.31. The van der Waals surface area contributed by atoms with E-state index in [0.717, 1.165) is 33.1 Å². The summed E-state index contributed by atoms with van der Waals surface area (Å²) in [5, 5.41) is 5.21. The van der Waals surface area contributed by atoms with E-state index in [1.54, 1.807) is 7.05 Å². The molecule has 2 heterocycles. The van der Waals surface area contributed by atoms with Crippen LogP contribution in [0.1, 0.15) is 0 Å². The van der Waals surface area contributed by atoms with Crippen molar-refractivity contribution in [3.8, 4) is 22.8 Å². The molecule has 1 N–H and O–H groups in total. The number of nitrogens with zero attached hydrogens (tertiary/aromatic N) is 3. The third kappa shape index (κ3) is 2.69.